The SMILES string of the molecule is CCNCC(C)(C)CCCl. The smallest absolute Gasteiger partial charge is 0.0229 e. The molecule has 0 aliphatic carbocycles. The molecule has 0 amide bonds. The summed E-state index contributed by atoms with van der Waals surface area (Å²) in [6.07, 6.45) is 1.08. The first-order valence-corrected chi connectivity index (χ1v) is 4.42. The molecule has 2 heteroatoms. The van der Waals surface area contributed by atoms with Gasteiger partial charge in [0.15, 0.2) is 0 Å². The van der Waals surface area contributed by atoms with E-state index in [0.29, 0.717) is 5.41 Å². The fourth-order valence-corrected chi connectivity index (χ4v) is 1.32. The summed E-state index contributed by atoms with van der Waals surface area (Å²) in [5.74, 6) is 0.762. The largest absolute Gasteiger partial charge is 0.316 e. The van der Waals surface area contributed by atoms with Crippen LogP contribution >= 0.6 is 11.6 Å². The zero-order valence-corrected chi connectivity index (χ0v) is 7.96. The van der Waals surface area contributed by atoms with E-state index in [1.165, 1.54) is 0 Å². The highest BCUT2D eigenvalue weighted by Crippen LogP contribution is 2.18. The van der Waals surface area contributed by atoms with Crippen molar-refractivity contribution in [1.82, 2.24) is 5.32 Å². The lowest BCUT2D eigenvalue weighted by molar-refractivity contribution is 0.334. The Morgan fingerprint density at radius 3 is 2.40 bits per heavy atom. The predicted molar refractivity (Wildman–Crippen MR) is 47.7 cm³/mol. The van der Waals surface area contributed by atoms with Crippen molar-refractivity contribution in [2.24, 2.45) is 5.41 Å². The molecule has 0 spiro atoms. The van der Waals surface area contributed by atoms with Gasteiger partial charge < -0.3 is 5.32 Å². The van der Waals surface area contributed by atoms with Crippen molar-refractivity contribution in [2.75, 3.05) is 19.0 Å². The van der Waals surface area contributed by atoms with Crippen molar-refractivity contribution < 1.29 is 0 Å². The summed E-state index contributed by atoms with van der Waals surface area (Å²) < 4.78 is 0. The first kappa shape index (κ1) is 10.2. The minimum Gasteiger partial charge on any atom is -0.316 e. The minimum atomic E-state index is 0.359. The third-order valence-corrected chi connectivity index (χ3v) is 1.81. The van der Waals surface area contributed by atoms with Crippen molar-refractivity contribution >= 4 is 11.6 Å². The maximum absolute atomic E-state index is 5.64. The summed E-state index contributed by atoms with van der Waals surface area (Å²) in [6, 6.07) is 0. The van der Waals surface area contributed by atoms with Crippen molar-refractivity contribution in [2.45, 2.75) is 27.2 Å². The van der Waals surface area contributed by atoms with Crippen LogP contribution in [0.15, 0.2) is 0 Å². The Bertz CT molecular complexity index is 81.3. The maximum atomic E-state index is 5.64. The first-order valence-electron chi connectivity index (χ1n) is 3.89. The fourth-order valence-electron chi connectivity index (χ4n) is 0.808. The number of halogens is 1. The quantitative estimate of drug-likeness (QED) is 0.614. The second-order valence-electron chi connectivity index (χ2n) is 3.38. The summed E-state index contributed by atoms with van der Waals surface area (Å²) in [7, 11) is 0. The maximum Gasteiger partial charge on any atom is 0.0229 e. The van der Waals surface area contributed by atoms with Crippen LogP contribution in [0.3, 0.4) is 0 Å². The normalized spacial score (nSPS) is 12.0. The van der Waals surface area contributed by atoms with Crippen LogP contribution in [0.5, 0.6) is 0 Å². The highest BCUT2D eigenvalue weighted by Gasteiger charge is 2.15. The van der Waals surface area contributed by atoms with Crippen molar-refractivity contribution in [1.29, 1.82) is 0 Å². The average Bonchev–Trinajstić information content (AvgIpc) is 1.84. The predicted octanol–water partition coefficient (Wildman–Crippen LogP) is 2.25. The van der Waals surface area contributed by atoms with Crippen molar-refractivity contribution in [3.8, 4) is 0 Å². The molecule has 0 saturated heterocycles. The second-order valence-corrected chi connectivity index (χ2v) is 3.76. The zero-order chi connectivity index (χ0) is 8.04. The number of rotatable bonds is 5. The number of hydrogen-bond acceptors (Lipinski definition) is 1. The third-order valence-electron chi connectivity index (χ3n) is 1.62. The molecule has 0 heterocycles. The van der Waals surface area contributed by atoms with E-state index in [-0.39, 0.29) is 0 Å². The molecule has 1 N–H and O–H groups in total. The molecule has 62 valence electrons. The molecule has 0 fully saturated rings. The second kappa shape index (κ2) is 4.97. The number of nitrogens with one attached hydrogen (secondary N) is 1. The molecule has 0 bridgehead atoms. The molecular formula is C8H18ClN. The molecule has 0 saturated carbocycles. The summed E-state index contributed by atoms with van der Waals surface area (Å²) in [5.41, 5.74) is 0.359. The average molecular weight is 164 g/mol. The number of alkyl halides is 1. The summed E-state index contributed by atoms with van der Waals surface area (Å²) in [4.78, 5) is 0. The van der Waals surface area contributed by atoms with Crippen LogP contribution in [0.4, 0.5) is 0 Å². The molecule has 0 radical (unpaired) electrons. The van der Waals surface area contributed by atoms with E-state index in [1.54, 1.807) is 0 Å². The van der Waals surface area contributed by atoms with Gasteiger partial charge >= 0.3 is 0 Å². The number of hydrogen-bond donors (Lipinski definition) is 1. The molecule has 0 aliphatic rings. The van der Waals surface area contributed by atoms with Crippen molar-refractivity contribution in [3.63, 3.8) is 0 Å². The Morgan fingerprint density at radius 2 is 2.00 bits per heavy atom. The Kier molecular flexibility index (Phi) is 5.10. The van der Waals surface area contributed by atoms with E-state index in [4.69, 9.17) is 11.6 Å². The van der Waals surface area contributed by atoms with E-state index in [2.05, 4.69) is 26.1 Å². The van der Waals surface area contributed by atoms with E-state index in [9.17, 15) is 0 Å². The van der Waals surface area contributed by atoms with Gasteiger partial charge in [-0.25, -0.2) is 0 Å². The summed E-state index contributed by atoms with van der Waals surface area (Å²) >= 11 is 5.64. The third kappa shape index (κ3) is 5.07. The highest BCUT2D eigenvalue weighted by molar-refractivity contribution is 6.17. The molecule has 0 aromatic carbocycles. The molecule has 0 aromatic heterocycles. The van der Waals surface area contributed by atoms with Crippen LogP contribution in [0.2, 0.25) is 0 Å². The van der Waals surface area contributed by atoms with Gasteiger partial charge in [-0.05, 0) is 18.4 Å². The van der Waals surface area contributed by atoms with Crippen molar-refractivity contribution in [3.05, 3.63) is 0 Å². The van der Waals surface area contributed by atoms with Gasteiger partial charge in [-0.3, -0.25) is 0 Å². The van der Waals surface area contributed by atoms with Gasteiger partial charge in [-0.2, -0.15) is 0 Å². The Labute approximate surface area is 69.1 Å². The molecule has 1 nitrogen and oxygen atoms in total. The molecule has 0 aromatic rings. The van der Waals surface area contributed by atoms with Gasteiger partial charge in [0, 0.05) is 12.4 Å². The van der Waals surface area contributed by atoms with Gasteiger partial charge in [0.2, 0.25) is 0 Å². The first-order chi connectivity index (χ1) is 4.62. The molecule has 0 atom stereocenters. The van der Waals surface area contributed by atoms with Crippen LogP contribution in [-0.4, -0.2) is 19.0 Å². The zero-order valence-electron chi connectivity index (χ0n) is 7.21. The van der Waals surface area contributed by atoms with E-state index in [0.717, 1.165) is 25.4 Å². The van der Waals surface area contributed by atoms with E-state index >= 15 is 0 Å². The van der Waals surface area contributed by atoms with Crippen LogP contribution in [0.1, 0.15) is 27.2 Å². The monoisotopic (exact) mass is 163 g/mol. The van der Waals surface area contributed by atoms with Crippen LogP contribution in [-0.2, 0) is 0 Å². The fraction of sp³-hybridized carbons (Fsp3) is 1.00. The Hall–Kier alpha value is 0.250. The standard InChI is InChI=1S/C8H18ClN/c1-4-10-7-8(2,3)5-6-9/h10H,4-7H2,1-3H3. The van der Waals surface area contributed by atoms with E-state index < -0.39 is 0 Å². The van der Waals surface area contributed by atoms with Gasteiger partial charge in [0.1, 0.15) is 0 Å². The van der Waals surface area contributed by atoms with Gasteiger partial charge in [-0.1, -0.05) is 20.8 Å². The lowest BCUT2D eigenvalue weighted by Crippen LogP contribution is -2.29. The molecular weight excluding hydrogens is 146 g/mol. The van der Waals surface area contributed by atoms with Crippen LogP contribution in [0, 0.1) is 5.41 Å². The molecule has 0 aliphatic heterocycles. The topological polar surface area (TPSA) is 12.0 Å². The van der Waals surface area contributed by atoms with E-state index in [1.807, 2.05) is 0 Å². The van der Waals surface area contributed by atoms with Gasteiger partial charge in [0.25, 0.3) is 0 Å². The molecule has 0 rings (SSSR count). The molecule has 0 unspecified atom stereocenters. The Balaban J connectivity index is 3.42. The minimum absolute atomic E-state index is 0.359. The highest BCUT2D eigenvalue weighted by atomic mass is 35.5. The molecule has 10 heavy (non-hydrogen) atoms. The van der Waals surface area contributed by atoms with Crippen LogP contribution < -0.4 is 5.32 Å². The lowest BCUT2D eigenvalue weighted by Gasteiger charge is -2.23. The van der Waals surface area contributed by atoms with Gasteiger partial charge in [-0.15, -0.1) is 11.6 Å². The Morgan fingerprint density at radius 1 is 1.40 bits per heavy atom. The summed E-state index contributed by atoms with van der Waals surface area (Å²) in [6.45, 7) is 8.70. The summed E-state index contributed by atoms with van der Waals surface area (Å²) in [5, 5.41) is 3.31. The van der Waals surface area contributed by atoms with Gasteiger partial charge in [0.05, 0.1) is 0 Å². The van der Waals surface area contributed by atoms with Crippen LogP contribution in [0.25, 0.3) is 0 Å². The lowest BCUT2D eigenvalue weighted by atomic mass is 9.90.